The first-order valence-electron chi connectivity index (χ1n) is 4.05. The fourth-order valence-electron chi connectivity index (χ4n) is 1.70. The molecule has 0 atom stereocenters. The van der Waals surface area contributed by atoms with Gasteiger partial charge >= 0.3 is 0 Å². The first-order valence-corrected chi connectivity index (χ1v) is 4.05. The summed E-state index contributed by atoms with van der Waals surface area (Å²) in [5.41, 5.74) is 12.3. The Bertz CT molecular complexity index is 199. The quantitative estimate of drug-likeness (QED) is 0.489. The number of hydrogen-bond acceptors (Lipinski definition) is 4. The Labute approximate surface area is 66.4 Å². The van der Waals surface area contributed by atoms with Crippen LogP contribution in [-0.4, -0.2) is 29.7 Å². The summed E-state index contributed by atoms with van der Waals surface area (Å²) in [6, 6.07) is 0. The largest absolute Gasteiger partial charge is 0.398 e. The van der Waals surface area contributed by atoms with Crippen LogP contribution in [0.25, 0.3) is 0 Å². The zero-order chi connectivity index (χ0) is 7.84. The highest BCUT2D eigenvalue weighted by Gasteiger charge is 2.28. The second-order valence-corrected chi connectivity index (χ2v) is 3.13. The molecule has 0 aromatic rings. The van der Waals surface area contributed by atoms with Gasteiger partial charge in [-0.3, -0.25) is 5.01 Å². The molecule has 2 aliphatic rings. The highest BCUT2D eigenvalue weighted by molar-refractivity contribution is 5.13. The zero-order valence-electron chi connectivity index (χ0n) is 6.58. The molecule has 0 aromatic heterocycles. The first-order chi connectivity index (χ1) is 5.29. The summed E-state index contributed by atoms with van der Waals surface area (Å²) in [5, 5.41) is 4.31. The van der Waals surface area contributed by atoms with Crippen LogP contribution in [-0.2, 0) is 0 Å². The molecule has 62 valence electrons. The lowest BCUT2D eigenvalue weighted by molar-refractivity contribution is 0.00897. The highest BCUT2D eigenvalue weighted by Crippen LogP contribution is 2.21. The molecule has 4 nitrogen and oxygen atoms in total. The molecule has 2 aliphatic heterocycles. The average Bonchev–Trinajstić information content (AvgIpc) is 2.30. The van der Waals surface area contributed by atoms with Crippen molar-refractivity contribution in [3.63, 3.8) is 0 Å². The Balaban J connectivity index is 2.15. The van der Waals surface area contributed by atoms with Gasteiger partial charge in [0, 0.05) is 13.1 Å². The van der Waals surface area contributed by atoms with Crippen molar-refractivity contribution >= 4 is 0 Å². The third kappa shape index (κ3) is 0.939. The van der Waals surface area contributed by atoms with E-state index in [1.54, 1.807) is 0 Å². The maximum atomic E-state index is 5.77. The van der Waals surface area contributed by atoms with Crippen LogP contribution in [0.1, 0.15) is 12.8 Å². The van der Waals surface area contributed by atoms with Gasteiger partial charge in [-0.2, -0.15) is 0 Å². The maximum Gasteiger partial charge on any atom is 0.134 e. The van der Waals surface area contributed by atoms with Gasteiger partial charge in [-0.25, -0.2) is 5.01 Å². The van der Waals surface area contributed by atoms with Crippen molar-refractivity contribution in [3.05, 3.63) is 11.5 Å². The minimum absolute atomic E-state index is 0.768. The van der Waals surface area contributed by atoms with E-state index in [1.165, 1.54) is 12.8 Å². The summed E-state index contributed by atoms with van der Waals surface area (Å²) < 4.78 is 0. The van der Waals surface area contributed by atoms with Crippen LogP contribution in [0.4, 0.5) is 0 Å². The molecule has 0 aromatic carbocycles. The van der Waals surface area contributed by atoms with Crippen molar-refractivity contribution in [3.8, 4) is 0 Å². The number of fused-ring (bicyclic) bond motifs is 1. The standard InChI is InChI=1S/C7H14N4/c8-6-5-10-3-1-2-4-11(10)7(6)9/h1-5,8-9H2. The Morgan fingerprint density at radius 2 is 1.82 bits per heavy atom. The average molecular weight is 154 g/mol. The van der Waals surface area contributed by atoms with Gasteiger partial charge in [0.25, 0.3) is 0 Å². The van der Waals surface area contributed by atoms with E-state index >= 15 is 0 Å². The number of hydrazine groups is 1. The van der Waals surface area contributed by atoms with Gasteiger partial charge in [-0.1, -0.05) is 0 Å². The molecule has 4 heteroatoms. The molecule has 0 saturated carbocycles. The molecule has 4 N–H and O–H groups in total. The van der Waals surface area contributed by atoms with Gasteiger partial charge in [-0.15, -0.1) is 0 Å². The highest BCUT2D eigenvalue weighted by atomic mass is 15.7. The molecule has 0 amide bonds. The number of nitrogens with zero attached hydrogens (tertiary/aromatic N) is 2. The van der Waals surface area contributed by atoms with Gasteiger partial charge in [-0.05, 0) is 12.8 Å². The lowest BCUT2D eigenvalue weighted by Gasteiger charge is -2.34. The summed E-state index contributed by atoms with van der Waals surface area (Å²) in [5.74, 6) is 0.768. The summed E-state index contributed by atoms with van der Waals surface area (Å²) in [4.78, 5) is 0. The van der Waals surface area contributed by atoms with E-state index in [0.29, 0.717) is 0 Å². The van der Waals surface area contributed by atoms with Crippen molar-refractivity contribution in [2.75, 3.05) is 19.6 Å². The van der Waals surface area contributed by atoms with Crippen LogP contribution < -0.4 is 11.5 Å². The number of nitrogens with two attached hydrogens (primary N) is 2. The van der Waals surface area contributed by atoms with Crippen LogP contribution in [0.2, 0.25) is 0 Å². The predicted octanol–water partition coefficient (Wildman–Crippen LogP) is -0.601. The number of rotatable bonds is 0. The minimum atomic E-state index is 0.768. The van der Waals surface area contributed by atoms with Crippen molar-refractivity contribution in [2.45, 2.75) is 12.8 Å². The number of hydrogen-bond donors (Lipinski definition) is 2. The molecule has 1 saturated heterocycles. The Kier molecular flexibility index (Phi) is 1.42. The van der Waals surface area contributed by atoms with E-state index in [4.69, 9.17) is 11.5 Å². The van der Waals surface area contributed by atoms with Crippen LogP contribution in [0.3, 0.4) is 0 Å². The second kappa shape index (κ2) is 2.30. The molecule has 0 bridgehead atoms. The predicted molar refractivity (Wildman–Crippen MR) is 42.9 cm³/mol. The van der Waals surface area contributed by atoms with Crippen LogP contribution in [0.15, 0.2) is 11.5 Å². The van der Waals surface area contributed by atoms with E-state index in [-0.39, 0.29) is 0 Å². The monoisotopic (exact) mass is 154 g/mol. The molecule has 0 spiro atoms. The van der Waals surface area contributed by atoms with E-state index in [9.17, 15) is 0 Å². The third-order valence-corrected chi connectivity index (χ3v) is 2.34. The maximum absolute atomic E-state index is 5.77. The molecule has 2 heterocycles. The SMILES string of the molecule is NC1=C(N)N2CCCCN2C1. The van der Waals surface area contributed by atoms with Gasteiger partial charge in [0.1, 0.15) is 5.82 Å². The Morgan fingerprint density at radius 3 is 2.55 bits per heavy atom. The fraction of sp³-hybridized carbons (Fsp3) is 0.714. The fourth-order valence-corrected chi connectivity index (χ4v) is 1.70. The van der Waals surface area contributed by atoms with Gasteiger partial charge in [0.05, 0.1) is 12.2 Å². The molecule has 0 unspecified atom stereocenters. The van der Waals surface area contributed by atoms with Crippen LogP contribution in [0.5, 0.6) is 0 Å². The molecular formula is C7H14N4. The van der Waals surface area contributed by atoms with Crippen molar-refractivity contribution in [1.82, 2.24) is 10.0 Å². The normalized spacial score (nSPS) is 26.0. The summed E-state index contributed by atoms with van der Waals surface area (Å²) in [6.45, 7) is 2.96. The third-order valence-electron chi connectivity index (χ3n) is 2.34. The van der Waals surface area contributed by atoms with Gasteiger partial charge in [0.15, 0.2) is 0 Å². The molecule has 1 fully saturated rings. The van der Waals surface area contributed by atoms with Crippen molar-refractivity contribution in [2.24, 2.45) is 11.5 Å². The van der Waals surface area contributed by atoms with Gasteiger partial charge < -0.3 is 11.5 Å². The summed E-state index contributed by atoms with van der Waals surface area (Å²) in [6.07, 6.45) is 2.49. The first kappa shape index (κ1) is 6.79. The molecule has 0 radical (unpaired) electrons. The topological polar surface area (TPSA) is 58.5 Å². The zero-order valence-corrected chi connectivity index (χ0v) is 6.58. The van der Waals surface area contributed by atoms with E-state index in [0.717, 1.165) is 31.2 Å². The van der Waals surface area contributed by atoms with E-state index in [2.05, 4.69) is 10.0 Å². The minimum Gasteiger partial charge on any atom is -0.398 e. The molecule has 0 aliphatic carbocycles. The molecule has 11 heavy (non-hydrogen) atoms. The van der Waals surface area contributed by atoms with Crippen molar-refractivity contribution in [1.29, 1.82) is 0 Å². The summed E-state index contributed by atoms with van der Waals surface area (Å²) >= 11 is 0. The van der Waals surface area contributed by atoms with Gasteiger partial charge in [0.2, 0.25) is 0 Å². The van der Waals surface area contributed by atoms with E-state index < -0.39 is 0 Å². The van der Waals surface area contributed by atoms with E-state index in [1.807, 2.05) is 0 Å². The molecule has 2 rings (SSSR count). The van der Waals surface area contributed by atoms with Crippen LogP contribution >= 0.6 is 0 Å². The lowest BCUT2D eigenvalue weighted by atomic mass is 10.2. The smallest absolute Gasteiger partial charge is 0.134 e. The Hall–Kier alpha value is -0.900. The molecular weight excluding hydrogens is 140 g/mol. The lowest BCUT2D eigenvalue weighted by Crippen LogP contribution is -2.43. The summed E-state index contributed by atoms with van der Waals surface area (Å²) in [7, 11) is 0. The van der Waals surface area contributed by atoms with Crippen molar-refractivity contribution < 1.29 is 0 Å². The Morgan fingerprint density at radius 1 is 1.09 bits per heavy atom. The van der Waals surface area contributed by atoms with Crippen LogP contribution in [0, 0.1) is 0 Å². The second-order valence-electron chi connectivity index (χ2n) is 3.13.